The summed E-state index contributed by atoms with van der Waals surface area (Å²) in [5.74, 6) is 0.0958. The molecular formula is C15H19N3O4S2. The summed E-state index contributed by atoms with van der Waals surface area (Å²) in [6.07, 6.45) is 2.87. The Kier molecular flexibility index (Phi) is 5.58. The van der Waals surface area contributed by atoms with Crippen LogP contribution in [-0.4, -0.2) is 28.4 Å². The maximum absolute atomic E-state index is 12.6. The molecule has 9 heteroatoms. The van der Waals surface area contributed by atoms with E-state index in [1.54, 1.807) is 0 Å². The van der Waals surface area contributed by atoms with Gasteiger partial charge in [-0.15, -0.1) is 0 Å². The predicted octanol–water partition coefficient (Wildman–Crippen LogP) is 1.82. The molecule has 0 fully saturated rings. The fourth-order valence-electron chi connectivity index (χ4n) is 1.88. The molecule has 1 aromatic heterocycles. The van der Waals surface area contributed by atoms with Gasteiger partial charge < -0.3 is 0 Å². The largest absolute Gasteiger partial charge is 0.279 e. The van der Waals surface area contributed by atoms with Crippen molar-refractivity contribution in [2.75, 3.05) is 11.3 Å². The molecule has 1 heterocycles. The smallest absolute Gasteiger partial charge is 0.263 e. The maximum Gasteiger partial charge on any atom is 0.263 e. The van der Waals surface area contributed by atoms with Crippen molar-refractivity contribution < 1.29 is 16.8 Å². The van der Waals surface area contributed by atoms with Crippen LogP contribution in [0.5, 0.6) is 0 Å². The Morgan fingerprint density at radius 1 is 0.917 bits per heavy atom. The van der Waals surface area contributed by atoms with E-state index in [4.69, 9.17) is 0 Å². The highest BCUT2D eigenvalue weighted by Gasteiger charge is 2.26. The summed E-state index contributed by atoms with van der Waals surface area (Å²) in [6.45, 7) is 3.93. The van der Waals surface area contributed by atoms with Crippen molar-refractivity contribution in [3.05, 3.63) is 48.8 Å². The summed E-state index contributed by atoms with van der Waals surface area (Å²) in [4.78, 5) is 3.21. The summed E-state index contributed by atoms with van der Waals surface area (Å²) in [5.41, 5.74) is 0.298. The number of hydrogen-bond donors (Lipinski definition) is 2. The molecule has 130 valence electrons. The van der Waals surface area contributed by atoms with Crippen LogP contribution in [0.15, 0.2) is 58.6 Å². The second kappa shape index (κ2) is 7.29. The van der Waals surface area contributed by atoms with Gasteiger partial charge in [-0.25, -0.2) is 21.6 Å². The van der Waals surface area contributed by atoms with Crippen LogP contribution in [0.25, 0.3) is 0 Å². The van der Waals surface area contributed by atoms with Crippen LogP contribution in [0.4, 0.5) is 5.69 Å². The lowest BCUT2D eigenvalue weighted by atomic mass is 10.2. The zero-order chi connectivity index (χ0) is 17.8. The third-order valence-corrected chi connectivity index (χ3v) is 6.09. The fourth-order valence-corrected chi connectivity index (χ4v) is 4.98. The normalized spacial score (nSPS) is 12.3. The van der Waals surface area contributed by atoms with Crippen molar-refractivity contribution >= 4 is 25.7 Å². The van der Waals surface area contributed by atoms with Gasteiger partial charge in [0.1, 0.15) is 9.79 Å². The third-order valence-electron chi connectivity index (χ3n) is 3.04. The van der Waals surface area contributed by atoms with Crippen LogP contribution in [-0.2, 0) is 20.0 Å². The monoisotopic (exact) mass is 369 g/mol. The highest BCUT2D eigenvalue weighted by molar-refractivity contribution is 7.94. The number of sulfonamides is 2. The lowest BCUT2D eigenvalue weighted by Crippen LogP contribution is -2.29. The molecule has 2 rings (SSSR count). The average Bonchev–Trinajstić information content (AvgIpc) is 2.54. The van der Waals surface area contributed by atoms with Gasteiger partial charge in [-0.05, 0) is 30.2 Å². The Balaban J connectivity index is 2.41. The van der Waals surface area contributed by atoms with E-state index < -0.39 is 20.0 Å². The maximum atomic E-state index is 12.6. The molecule has 0 atom stereocenters. The van der Waals surface area contributed by atoms with E-state index in [2.05, 4.69) is 14.4 Å². The number of nitrogens with zero attached hydrogens (tertiary/aromatic N) is 1. The van der Waals surface area contributed by atoms with Crippen molar-refractivity contribution in [3.63, 3.8) is 0 Å². The van der Waals surface area contributed by atoms with Gasteiger partial charge >= 0.3 is 0 Å². The summed E-state index contributed by atoms with van der Waals surface area (Å²) in [6, 6.07) is 8.44. The van der Waals surface area contributed by atoms with Crippen molar-refractivity contribution in [2.45, 2.75) is 23.6 Å². The van der Waals surface area contributed by atoms with Crippen molar-refractivity contribution in [1.82, 2.24) is 9.71 Å². The van der Waals surface area contributed by atoms with Crippen molar-refractivity contribution in [1.29, 1.82) is 0 Å². The summed E-state index contributed by atoms with van der Waals surface area (Å²) in [5, 5.41) is 0. The molecule has 0 aliphatic rings. The van der Waals surface area contributed by atoms with E-state index in [1.807, 2.05) is 13.8 Å². The van der Waals surface area contributed by atoms with Gasteiger partial charge in [0.2, 0.25) is 10.0 Å². The van der Waals surface area contributed by atoms with Gasteiger partial charge in [0.25, 0.3) is 10.0 Å². The minimum absolute atomic E-state index is 0.0958. The topological polar surface area (TPSA) is 105 Å². The van der Waals surface area contributed by atoms with Crippen LogP contribution in [0.3, 0.4) is 0 Å². The van der Waals surface area contributed by atoms with Crippen LogP contribution < -0.4 is 9.44 Å². The lowest BCUT2D eigenvalue weighted by Gasteiger charge is -2.14. The Hall–Kier alpha value is -1.97. The first-order valence-corrected chi connectivity index (χ1v) is 10.2. The van der Waals surface area contributed by atoms with Gasteiger partial charge in [-0.3, -0.25) is 9.71 Å². The van der Waals surface area contributed by atoms with E-state index in [9.17, 15) is 16.8 Å². The van der Waals surface area contributed by atoms with Crippen LogP contribution in [0, 0.1) is 5.92 Å². The molecular weight excluding hydrogens is 350 g/mol. The molecule has 2 aromatic rings. The molecule has 2 N–H and O–H groups in total. The zero-order valence-electron chi connectivity index (χ0n) is 13.3. The molecule has 0 amide bonds. The number of hydrogen-bond acceptors (Lipinski definition) is 5. The number of nitrogens with one attached hydrogen (secondary N) is 2. The Morgan fingerprint density at radius 2 is 1.46 bits per heavy atom. The molecule has 0 spiro atoms. The molecule has 0 radical (unpaired) electrons. The van der Waals surface area contributed by atoms with Crippen LogP contribution in [0.1, 0.15) is 13.8 Å². The van der Waals surface area contributed by atoms with E-state index in [-0.39, 0.29) is 22.3 Å². The first-order valence-electron chi connectivity index (χ1n) is 7.24. The highest BCUT2D eigenvalue weighted by atomic mass is 32.2. The molecule has 0 aliphatic carbocycles. The fraction of sp³-hybridized carbons (Fsp3) is 0.267. The Bertz CT molecular complexity index is 895. The van der Waals surface area contributed by atoms with Gasteiger partial charge in [0.05, 0.1) is 5.69 Å². The van der Waals surface area contributed by atoms with Crippen molar-refractivity contribution in [3.8, 4) is 0 Å². The van der Waals surface area contributed by atoms with E-state index >= 15 is 0 Å². The quantitative estimate of drug-likeness (QED) is 0.774. The number of rotatable bonds is 7. The summed E-state index contributed by atoms with van der Waals surface area (Å²) < 4.78 is 54.8. The first-order chi connectivity index (χ1) is 11.2. The average molecular weight is 369 g/mol. The lowest BCUT2D eigenvalue weighted by molar-refractivity contribution is 0.556. The first kappa shape index (κ1) is 18.4. The molecule has 0 unspecified atom stereocenters. The standard InChI is InChI=1S/C15H19N3O4S2/c1-12(2)11-17-23(19,20)14-5-3-4-6-15(14)24(21,22)18-13-7-9-16-10-8-13/h3-10,12,17H,11H2,1-2H3,(H,16,18). The highest BCUT2D eigenvalue weighted by Crippen LogP contribution is 2.23. The van der Waals surface area contributed by atoms with Gasteiger partial charge in [0.15, 0.2) is 0 Å². The van der Waals surface area contributed by atoms with Gasteiger partial charge in [-0.1, -0.05) is 26.0 Å². The van der Waals surface area contributed by atoms with Gasteiger partial charge in [-0.2, -0.15) is 0 Å². The van der Waals surface area contributed by atoms with Gasteiger partial charge in [0, 0.05) is 18.9 Å². The van der Waals surface area contributed by atoms with E-state index in [0.29, 0.717) is 5.69 Å². The van der Waals surface area contributed by atoms with Crippen LogP contribution >= 0.6 is 0 Å². The Labute approximate surface area is 142 Å². The molecule has 1 aromatic carbocycles. The molecule has 0 saturated heterocycles. The van der Waals surface area contributed by atoms with Crippen molar-refractivity contribution in [2.24, 2.45) is 5.92 Å². The summed E-state index contributed by atoms with van der Waals surface area (Å²) in [7, 11) is -8.01. The molecule has 0 aliphatic heterocycles. The minimum Gasteiger partial charge on any atom is -0.279 e. The van der Waals surface area contributed by atoms with Crippen LogP contribution in [0.2, 0.25) is 0 Å². The molecule has 7 nitrogen and oxygen atoms in total. The van der Waals surface area contributed by atoms with E-state index in [0.717, 1.165) is 0 Å². The Morgan fingerprint density at radius 3 is 2.00 bits per heavy atom. The summed E-state index contributed by atoms with van der Waals surface area (Å²) >= 11 is 0. The number of pyridine rings is 1. The zero-order valence-corrected chi connectivity index (χ0v) is 14.9. The minimum atomic E-state index is -4.06. The number of aromatic nitrogens is 1. The second-order valence-electron chi connectivity index (χ2n) is 5.53. The number of anilines is 1. The molecule has 0 bridgehead atoms. The number of benzene rings is 1. The predicted molar refractivity (Wildman–Crippen MR) is 91.5 cm³/mol. The SMILES string of the molecule is CC(C)CNS(=O)(=O)c1ccccc1S(=O)(=O)Nc1ccncc1. The molecule has 24 heavy (non-hydrogen) atoms. The molecule has 0 saturated carbocycles. The second-order valence-corrected chi connectivity index (χ2v) is 8.92. The van der Waals surface area contributed by atoms with E-state index in [1.165, 1.54) is 48.8 Å². The third kappa shape index (κ3) is 4.53.